The van der Waals surface area contributed by atoms with Gasteiger partial charge in [-0.1, -0.05) is 31.5 Å². The average Bonchev–Trinajstić information content (AvgIpc) is 2.44. The van der Waals surface area contributed by atoms with Crippen LogP contribution < -0.4 is 11.1 Å². The van der Waals surface area contributed by atoms with Gasteiger partial charge in [-0.25, -0.2) is 0 Å². The van der Waals surface area contributed by atoms with Crippen molar-refractivity contribution in [2.75, 3.05) is 18.9 Å². The van der Waals surface area contributed by atoms with Crippen LogP contribution in [0.3, 0.4) is 0 Å². The number of aryl methyl sites for hydroxylation is 2. The largest absolute Gasteiger partial charge is 0.465 e. The molecule has 1 amide bonds. The van der Waals surface area contributed by atoms with E-state index in [0.29, 0.717) is 13.0 Å². The molecule has 114 valence electrons. The highest BCUT2D eigenvalue weighted by atomic mass is 16.5. The van der Waals surface area contributed by atoms with Crippen molar-refractivity contribution in [3.8, 4) is 0 Å². The molecule has 0 saturated carbocycles. The molecule has 0 aliphatic rings. The van der Waals surface area contributed by atoms with Gasteiger partial charge < -0.3 is 15.8 Å². The van der Waals surface area contributed by atoms with Gasteiger partial charge in [0, 0.05) is 5.69 Å². The van der Waals surface area contributed by atoms with Gasteiger partial charge in [-0.15, -0.1) is 0 Å². The second-order valence-corrected chi connectivity index (χ2v) is 3.66. The van der Waals surface area contributed by atoms with Crippen LogP contribution >= 0.6 is 0 Å². The maximum atomic E-state index is 10.4. The zero-order valence-corrected chi connectivity index (χ0v) is 13.0. The van der Waals surface area contributed by atoms with E-state index >= 15 is 0 Å². The lowest BCUT2D eigenvalue weighted by atomic mass is 10.1. The van der Waals surface area contributed by atoms with Crippen molar-refractivity contribution in [1.82, 2.24) is 5.32 Å². The lowest BCUT2D eigenvalue weighted by molar-refractivity contribution is -0.142. The first-order valence-electron chi connectivity index (χ1n) is 6.66. The first kappa shape index (κ1) is 20.3. The Labute approximate surface area is 121 Å². The zero-order chi connectivity index (χ0) is 16.0. The van der Waals surface area contributed by atoms with E-state index < -0.39 is 5.97 Å². The summed E-state index contributed by atoms with van der Waals surface area (Å²) in [5.74, 6) is -0.412. The van der Waals surface area contributed by atoms with Crippen LogP contribution in [0.5, 0.6) is 0 Å². The number of esters is 1. The fourth-order valence-corrected chi connectivity index (χ4v) is 1.16. The van der Waals surface area contributed by atoms with Crippen LogP contribution in [-0.4, -0.2) is 25.5 Å². The molecule has 0 atom stereocenters. The van der Waals surface area contributed by atoms with Crippen LogP contribution in [0.25, 0.3) is 0 Å². The molecule has 0 unspecified atom stereocenters. The highest BCUT2D eigenvalue weighted by Crippen LogP contribution is 2.10. The molecular formula is C15H26N2O3. The summed E-state index contributed by atoms with van der Waals surface area (Å²) in [6.45, 7) is 10.1. The number of ether oxygens (including phenoxy) is 1. The summed E-state index contributed by atoms with van der Waals surface area (Å²) in [4.78, 5) is 20.0. The van der Waals surface area contributed by atoms with Crippen molar-refractivity contribution < 1.29 is 14.3 Å². The van der Waals surface area contributed by atoms with Crippen LogP contribution in [0.4, 0.5) is 5.69 Å². The minimum absolute atomic E-state index is 0.0443. The van der Waals surface area contributed by atoms with Crippen LogP contribution in [0.15, 0.2) is 18.2 Å². The third kappa shape index (κ3) is 11.1. The molecule has 0 radical (unpaired) electrons. The summed E-state index contributed by atoms with van der Waals surface area (Å²) in [5, 5.41) is 2.18. The number of nitrogens with two attached hydrogens (primary N) is 1. The zero-order valence-electron chi connectivity index (χ0n) is 13.0. The standard InChI is InChI=1S/C8H11N.C5H9NO3.C2H6/c1-6-3-4-8(9)7(2)5-6;1-2-9-5(8)3-6-4-7;1-2/h3-5H,9H2,1-2H3;4H,2-3H2,1H3,(H,6,7);1-2H3. The molecule has 0 bridgehead atoms. The van der Waals surface area contributed by atoms with Crippen molar-refractivity contribution in [1.29, 1.82) is 0 Å². The van der Waals surface area contributed by atoms with E-state index in [9.17, 15) is 9.59 Å². The molecule has 0 spiro atoms. The van der Waals surface area contributed by atoms with Gasteiger partial charge in [-0.3, -0.25) is 9.59 Å². The molecule has 0 heterocycles. The maximum absolute atomic E-state index is 10.4. The lowest BCUT2D eigenvalue weighted by Crippen LogP contribution is -2.23. The number of carbonyl (C=O) groups is 2. The molecule has 0 aliphatic carbocycles. The lowest BCUT2D eigenvalue weighted by Gasteiger charge is -1.98. The topological polar surface area (TPSA) is 81.4 Å². The van der Waals surface area contributed by atoms with Crippen LogP contribution in [-0.2, 0) is 14.3 Å². The molecular weight excluding hydrogens is 256 g/mol. The van der Waals surface area contributed by atoms with Gasteiger partial charge in [0.2, 0.25) is 6.41 Å². The smallest absolute Gasteiger partial charge is 0.325 e. The molecule has 1 aromatic carbocycles. The summed E-state index contributed by atoms with van der Waals surface area (Å²) in [6.07, 6.45) is 0.455. The normalized spacial score (nSPS) is 8.25. The van der Waals surface area contributed by atoms with E-state index in [1.807, 2.05) is 32.9 Å². The molecule has 0 saturated heterocycles. The quantitative estimate of drug-likeness (QED) is 0.504. The molecule has 1 aromatic rings. The van der Waals surface area contributed by atoms with E-state index in [0.717, 1.165) is 11.3 Å². The monoisotopic (exact) mass is 282 g/mol. The SMILES string of the molecule is CC.CCOC(=O)CNC=O.Cc1ccc(N)c(C)c1. The van der Waals surface area contributed by atoms with Crippen LogP contribution in [0, 0.1) is 13.8 Å². The van der Waals surface area contributed by atoms with Gasteiger partial charge in [0.1, 0.15) is 6.54 Å². The van der Waals surface area contributed by atoms with Gasteiger partial charge in [0.25, 0.3) is 0 Å². The highest BCUT2D eigenvalue weighted by Gasteiger charge is 1.96. The number of benzene rings is 1. The summed E-state index contributed by atoms with van der Waals surface area (Å²) < 4.78 is 4.48. The minimum Gasteiger partial charge on any atom is -0.465 e. The second-order valence-electron chi connectivity index (χ2n) is 3.66. The Bertz CT molecular complexity index is 393. The molecule has 1 rings (SSSR count). The van der Waals surface area contributed by atoms with E-state index in [-0.39, 0.29) is 6.54 Å². The van der Waals surface area contributed by atoms with Gasteiger partial charge in [0.15, 0.2) is 0 Å². The maximum Gasteiger partial charge on any atom is 0.325 e. The third-order valence-electron chi connectivity index (χ3n) is 2.06. The molecule has 20 heavy (non-hydrogen) atoms. The van der Waals surface area contributed by atoms with E-state index in [2.05, 4.69) is 23.0 Å². The Balaban J connectivity index is 0. The number of anilines is 1. The average molecular weight is 282 g/mol. The van der Waals surface area contributed by atoms with Crippen LogP contribution in [0.1, 0.15) is 31.9 Å². The molecule has 5 heteroatoms. The fraction of sp³-hybridized carbons (Fsp3) is 0.467. The second kappa shape index (κ2) is 13.4. The number of carbonyl (C=O) groups excluding carboxylic acids is 2. The van der Waals surface area contributed by atoms with E-state index in [4.69, 9.17) is 5.73 Å². The summed E-state index contributed by atoms with van der Waals surface area (Å²) in [5.41, 5.74) is 8.89. The van der Waals surface area contributed by atoms with Crippen molar-refractivity contribution in [2.45, 2.75) is 34.6 Å². The summed E-state index contributed by atoms with van der Waals surface area (Å²) in [6, 6.07) is 6.03. The Morgan fingerprint density at radius 1 is 1.35 bits per heavy atom. The number of nitrogen functional groups attached to an aromatic ring is 1. The van der Waals surface area contributed by atoms with Crippen LogP contribution in [0.2, 0.25) is 0 Å². The van der Waals surface area contributed by atoms with E-state index in [1.54, 1.807) is 6.92 Å². The summed E-state index contributed by atoms with van der Waals surface area (Å²) >= 11 is 0. The molecule has 0 fully saturated rings. The van der Waals surface area contributed by atoms with Crippen molar-refractivity contribution in [3.63, 3.8) is 0 Å². The fourth-order valence-electron chi connectivity index (χ4n) is 1.16. The van der Waals surface area contributed by atoms with Gasteiger partial charge in [0.05, 0.1) is 6.61 Å². The molecule has 0 aliphatic heterocycles. The number of nitrogens with one attached hydrogen (secondary N) is 1. The van der Waals surface area contributed by atoms with Gasteiger partial charge in [-0.2, -0.15) is 0 Å². The molecule has 5 nitrogen and oxygen atoms in total. The van der Waals surface area contributed by atoms with Gasteiger partial charge >= 0.3 is 5.97 Å². The predicted octanol–water partition coefficient (Wildman–Crippen LogP) is 2.21. The third-order valence-corrected chi connectivity index (χ3v) is 2.06. The summed E-state index contributed by atoms with van der Waals surface area (Å²) in [7, 11) is 0. The van der Waals surface area contributed by atoms with Crippen molar-refractivity contribution in [2.24, 2.45) is 0 Å². The minimum atomic E-state index is -0.412. The Hall–Kier alpha value is -2.04. The molecule has 3 N–H and O–H groups in total. The van der Waals surface area contributed by atoms with Crippen molar-refractivity contribution in [3.05, 3.63) is 29.3 Å². The number of hydrogen-bond donors (Lipinski definition) is 2. The van der Waals surface area contributed by atoms with E-state index in [1.165, 1.54) is 5.56 Å². The Morgan fingerprint density at radius 3 is 2.35 bits per heavy atom. The Morgan fingerprint density at radius 2 is 1.95 bits per heavy atom. The van der Waals surface area contributed by atoms with Gasteiger partial charge in [-0.05, 0) is 32.4 Å². The number of hydrogen-bond acceptors (Lipinski definition) is 4. The van der Waals surface area contributed by atoms with Crippen molar-refractivity contribution >= 4 is 18.1 Å². The first-order valence-corrected chi connectivity index (χ1v) is 6.66. The Kier molecular flexibility index (Phi) is 13.6. The number of rotatable bonds is 4. The first-order chi connectivity index (χ1) is 9.51. The molecule has 0 aromatic heterocycles. The highest BCUT2D eigenvalue weighted by molar-refractivity contribution is 5.73. The predicted molar refractivity (Wildman–Crippen MR) is 82.4 cm³/mol. The number of amides is 1.